The summed E-state index contributed by atoms with van der Waals surface area (Å²) in [6, 6.07) is 4.08. The first-order chi connectivity index (χ1) is 13.1. The highest BCUT2D eigenvalue weighted by Gasteiger charge is 2.44. The number of hydrogen-bond acceptors (Lipinski definition) is 6. The molecule has 1 aromatic rings. The molecule has 7 heteroatoms. The van der Waals surface area contributed by atoms with Gasteiger partial charge in [0.25, 0.3) is 0 Å². The number of esters is 1. The molecule has 1 saturated carbocycles. The second kappa shape index (κ2) is 9.28. The minimum Gasteiger partial charge on any atom is -0.504 e. The second-order valence-electron chi connectivity index (χ2n) is 7.96. The Morgan fingerprint density at radius 1 is 1.14 bits per heavy atom. The maximum Gasteiger partial charge on any atom is 0.324 e. The lowest BCUT2D eigenvalue weighted by atomic mass is 9.78. The van der Waals surface area contributed by atoms with Gasteiger partial charge in [-0.3, -0.25) is 9.59 Å². The summed E-state index contributed by atoms with van der Waals surface area (Å²) in [6.07, 6.45) is 5.11. The number of phenols is 2. The van der Waals surface area contributed by atoms with Gasteiger partial charge in [0.1, 0.15) is 11.6 Å². The first-order valence-electron chi connectivity index (χ1n) is 9.88. The zero-order chi connectivity index (χ0) is 20.9. The average Bonchev–Trinajstić information content (AvgIpc) is 2.93. The molecular formula is C21H31NO6. The van der Waals surface area contributed by atoms with E-state index in [2.05, 4.69) is 0 Å². The van der Waals surface area contributed by atoms with Crippen LogP contribution in [0.1, 0.15) is 57.9 Å². The molecule has 0 aliphatic heterocycles. The molecule has 0 radical (unpaired) electrons. The number of carboxylic acids is 1. The third-order valence-electron chi connectivity index (χ3n) is 5.94. The van der Waals surface area contributed by atoms with Gasteiger partial charge in [0, 0.05) is 12.3 Å². The Morgan fingerprint density at radius 3 is 2.29 bits per heavy atom. The van der Waals surface area contributed by atoms with Gasteiger partial charge in [-0.25, -0.2) is 0 Å². The van der Waals surface area contributed by atoms with Gasteiger partial charge in [0.05, 0.1) is 5.92 Å². The zero-order valence-corrected chi connectivity index (χ0v) is 16.6. The van der Waals surface area contributed by atoms with E-state index in [1.807, 2.05) is 0 Å². The summed E-state index contributed by atoms with van der Waals surface area (Å²) in [7, 11) is 0. The van der Waals surface area contributed by atoms with E-state index in [0.29, 0.717) is 5.56 Å². The van der Waals surface area contributed by atoms with Gasteiger partial charge in [-0.05, 0) is 37.5 Å². The molecule has 0 spiro atoms. The highest BCUT2D eigenvalue weighted by molar-refractivity contribution is 5.80. The van der Waals surface area contributed by atoms with E-state index in [0.717, 1.165) is 38.5 Å². The lowest BCUT2D eigenvalue weighted by Crippen LogP contribution is -2.58. The Bertz CT molecular complexity index is 698. The molecule has 1 aliphatic carbocycles. The number of aromatic hydroxyl groups is 2. The van der Waals surface area contributed by atoms with Crippen molar-refractivity contribution < 1.29 is 29.6 Å². The lowest BCUT2D eigenvalue weighted by molar-refractivity contribution is -0.161. The molecule has 1 fully saturated rings. The molecule has 1 aliphatic rings. The second-order valence-corrected chi connectivity index (χ2v) is 7.96. The number of aliphatic carboxylic acids is 1. The van der Waals surface area contributed by atoms with Crippen molar-refractivity contribution in [2.45, 2.75) is 70.4 Å². The normalized spacial score (nSPS) is 19.8. The van der Waals surface area contributed by atoms with E-state index in [1.165, 1.54) is 18.2 Å². The molecule has 28 heavy (non-hydrogen) atoms. The van der Waals surface area contributed by atoms with Gasteiger partial charge >= 0.3 is 11.9 Å². The first-order valence-corrected chi connectivity index (χ1v) is 9.88. The van der Waals surface area contributed by atoms with Crippen LogP contribution < -0.4 is 5.73 Å². The highest BCUT2D eigenvalue weighted by Crippen LogP contribution is 2.31. The quantitative estimate of drug-likeness (QED) is 0.318. The van der Waals surface area contributed by atoms with Crippen molar-refractivity contribution in [2.24, 2.45) is 17.6 Å². The number of ether oxygens (including phenoxy) is 1. The highest BCUT2D eigenvalue weighted by atomic mass is 16.5. The molecule has 0 aromatic heterocycles. The van der Waals surface area contributed by atoms with Crippen LogP contribution in [0, 0.1) is 11.8 Å². The first kappa shape index (κ1) is 22.0. The summed E-state index contributed by atoms with van der Waals surface area (Å²) >= 11 is 0. The van der Waals surface area contributed by atoms with Crippen LogP contribution in [-0.2, 0) is 20.7 Å². The fourth-order valence-electron chi connectivity index (χ4n) is 3.76. The number of rotatable bonds is 7. The number of nitrogens with two attached hydrogens (primary N) is 1. The van der Waals surface area contributed by atoms with Crippen molar-refractivity contribution >= 4 is 11.9 Å². The van der Waals surface area contributed by atoms with Gasteiger partial charge in [-0.1, -0.05) is 38.7 Å². The SMILES string of the molecule is C[C@H](OC(=O)C1CCCCCC1)[C@@H](C)[C@](N)(Cc1ccc(O)c(O)c1)C(=O)O. The molecule has 0 unspecified atom stereocenters. The van der Waals surface area contributed by atoms with E-state index < -0.39 is 23.5 Å². The molecule has 3 atom stereocenters. The van der Waals surface area contributed by atoms with Gasteiger partial charge in [0.2, 0.25) is 0 Å². The number of carboxylic acid groups (broad SMARTS) is 1. The van der Waals surface area contributed by atoms with Crippen LogP contribution in [0.2, 0.25) is 0 Å². The van der Waals surface area contributed by atoms with Crippen molar-refractivity contribution in [3.8, 4) is 11.5 Å². The van der Waals surface area contributed by atoms with Crippen LogP contribution in [0.5, 0.6) is 11.5 Å². The predicted molar refractivity (Wildman–Crippen MR) is 104 cm³/mol. The van der Waals surface area contributed by atoms with Crippen LogP contribution in [0.4, 0.5) is 0 Å². The fourth-order valence-corrected chi connectivity index (χ4v) is 3.76. The average molecular weight is 393 g/mol. The van der Waals surface area contributed by atoms with E-state index >= 15 is 0 Å². The summed E-state index contributed by atoms with van der Waals surface area (Å²) in [5.74, 6) is -2.94. The van der Waals surface area contributed by atoms with E-state index in [-0.39, 0.29) is 29.8 Å². The van der Waals surface area contributed by atoms with Gasteiger partial charge < -0.3 is 25.8 Å². The summed E-state index contributed by atoms with van der Waals surface area (Å²) < 4.78 is 5.61. The van der Waals surface area contributed by atoms with Crippen LogP contribution in [0.3, 0.4) is 0 Å². The Hall–Kier alpha value is -2.28. The van der Waals surface area contributed by atoms with Gasteiger partial charge in [0.15, 0.2) is 11.5 Å². The minimum atomic E-state index is -1.70. The summed E-state index contributed by atoms with van der Waals surface area (Å²) in [6.45, 7) is 3.32. The molecule has 0 bridgehead atoms. The van der Waals surface area contributed by atoms with Crippen LogP contribution in [-0.4, -0.2) is 38.9 Å². The van der Waals surface area contributed by atoms with Crippen LogP contribution in [0.25, 0.3) is 0 Å². The summed E-state index contributed by atoms with van der Waals surface area (Å²) in [5, 5.41) is 28.9. The standard InChI is InChI=1S/C21H31NO6/c1-13(14(2)28-19(25)16-7-5-3-4-6-8-16)21(22,20(26)27)12-15-9-10-17(23)18(24)11-15/h9-11,13-14,16,23-24H,3-8,12,22H2,1-2H3,(H,26,27)/t13-,14+,21-/m1/s1. The Labute approximate surface area is 165 Å². The maximum absolute atomic E-state index is 12.5. The smallest absolute Gasteiger partial charge is 0.324 e. The number of carbonyl (C=O) groups is 2. The van der Waals surface area contributed by atoms with Crippen molar-refractivity contribution in [1.29, 1.82) is 0 Å². The molecule has 156 valence electrons. The number of hydrogen-bond donors (Lipinski definition) is 4. The van der Waals surface area contributed by atoms with Crippen molar-refractivity contribution in [2.75, 3.05) is 0 Å². The fraction of sp³-hybridized carbons (Fsp3) is 0.619. The Kier molecular flexibility index (Phi) is 7.29. The maximum atomic E-state index is 12.5. The molecule has 2 rings (SSSR count). The molecule has 1 aromatic carbocycles. The Morgan fingerprint density at radius 2 is 1.75 bits per heavy atom. The summed E-state index contributed by atoms with van der Waals surface area (Å²) in [5.41, 5.74) is 5.01. The van der Waals surface area contributed by atoms with Crippen LogP contribution >= 0.6 is 0 Å². The molecule has 5 N–H and O–H groups in total. The Balaban J connectivity index is 2.11. The molecule has 7 nitrogen and oxygen atoms in total. The minimum absolute atomic E-state index is 0.0807. The predicted octanol–water partition coefficient (Wildman–Crippen LogP) is 2.96. The van der Waals surface area contributed by atoms with Crippen LogP contribution in [0.15, 0.2) is 18.2 Å². The number of benzene rings is 1. The monoisotopic (exact) mass is 393 g/mol. The summed E-state index contributed by atoms with van der Waals surface area (Å²) in [4.78, 5) is 24.5. The molecule has 0 saturated heterocycles. The zero-order valence-electron chi connectivity index (χ0n) is 16.6. The van der Waals surface area contributed by atoms with E-state index in [4.69, 9.17) is 10.5 Å². The van der Waals surface area contributed by atoms with Gasteiger partial charge in [-0.2, -0.15) is 0 Å². The molecular weight excluding hydrogens is 362 g/mol. The number of carbonyl (C=O) groups excluding carboxylic acids is 1. The largest absolute Gasteiger partial charge is 0.504 e. The van der Waals surface area contributed by atoms with Gasteiger partial charge in [-0.15, -0.1) is 0 Å². The topological polar surface area (TPSA) is 130 Å². The van der Waals surface area contributed by atoms with Crippen molar-refractivity contribution in [3.63, 3.8) is 0 Å². The third-order valence-corrected chi connectivity index (χ3v) is 5.94. The lowest BCUT2D eigenvalue weighted by Gasteiger charge is -2.35. The molecule has 0 heterocycles. The third kappa shape index (κ3) is 5.16. The van der Waals surface area contributed by atoms with Crippen molar-refractivity contribution in [3.05, 3.63) is 23.8 Å². The van der Waals surface area contributed by atoms with E-state index in [1.54, 1.807) is 13.8 Å². The van der Waals surface area contributed by atoms with Crippen molar-refractivity contribution in [1.82, 2.24) is 0 Å². The van der Waals surface area contributed by atoms with E-state index in [9.17, 15) is 24.9 Å². The number of phenolic OH excluding ortho intramolecular Hbond substituents is 2. The molecule has 0 amide bonds.